The van der Waals surface area contributed by atoms with Gasteiger partial charge in [-0.25, -0.2) is 4.98 Å². The van der Waals surface area contributed by atoms with E-state index in [1.807, 2.05) is 38.1 Å². The lowest BCUT2D eigenvalue weighted by atomic mass is 10.1. The molecule has 1 aromatic heterocycles. The SMILES string of the molecule is CCc1nc(NC(=O)c2ccccc2C)sc1C. The van der Waals surface area contributed by atoms with Gasteiger partial charge >= 0.3 is 0 Å². The number of amides is 1. The van der Waals surface area contributed by atoms with Crippen LogP contribution >= 0.6 is 11.3 Å². The van der Waals surface area contributed by atoms with Crippen molar-refractivity contribution in [3.8, 4) is 0 Å². The topological polar surface area (TPSA) is 42.0 Å². The van der Waals surface area contributed by atoms with Crippen LogP contribution in [0.3, 0.4) is 0 Å². The molecule has 0 radical (unpaired) electrons. The normalized spacial score (nSPS) is 10.4. The number of rotatable bonds is 3. The quantitative estimate of drug-likeness (QED) is 0.916. The minimum absolute atomic E-state index is 0.0931. The highest BCUT2D eigenvalue weighted by Crippen LogP contribution is 2.23. The van der Waals surface area contributed by atoms with Crippen molar-refractivity contribution in [1.29, 1.82) is 0 Å². The molecule has 3 nitrogen and oxygen atoms in total. The van der Waals surface area contributed by atoms with Crippen LogP contribution in [-0.2, 0) is 6.42 Å². The number of hydrogen-bond acceptors (Lipinski definition) is 3. The molecule has 0 saturated heterocycles. The summed E-state index contributed by atoms with van der Waals surface area (Å²) in [5.74, 6) is -0.0931. The highest BCUT2D eigenvalue weighted by molar-refractivity contribution is 7.15. The summed E-state index contributed by atoms with van der Waals surface area (Å²) in [7, 11) is 0. The molecule has 0 saturated carbocycles. The van der Waals surface area contributed by atoms with Crippen molar-refractivity contribution in [1.82, 2.24) is 4.98 Å². The molecule has 0 aliphatic carbocycles. The molecule has 0 aliphatic heterocycles. The van der Waals surface area contributed by atoms with E-state index in [4.69, 9.17) is 0 Å². The molecule has 4 heteroatoms. The smallest absolute Gasteiger partial charge is 0.257 e. The highest BCUT2D eigenvalue weighted by atomic mass is 32.1. The van der Waals surface area contributed by atoms with Crippen molar-refractivity contribution >= 4 is 22.4 Å². The molecule has 94 valence electrons. The predicted molar refractivity (Wildman–Crippen MR) is 75.4 cm³/mol. The van der Waals surface area contributed by atoms with Crippen LogP contribution in [0, 0.1) is 13.8 Å². The molecule has 1 N–H and O–H groups in total. The van der Waals surface area contributed by atoms with Crippen LogP contribution in [0.4, 0.5) is 5.13 Å². The predicted octanol–water partition coefficient (Wildman–Crippen LogP) is 3.57. The van der Waals surface area contributed by atoms with Gasteiger partial charge in [-0.1, -0.05) is 25.1 Å². The van der Waals surface area contributed by atoms with Crippen LogP contribution in [-0.4, -0.2) is 10.9 Å². The summed E-state index contributed by atoms with van der Waals surface area (Å²) < 4.78 is 0. The van der Waals surface area contributed by atoms with Crippen LogP contribution in [0.5, 0.6) is 0 Å². The van der Waals surface area contributed by atoms with E-state index in [2.05, 4.69) is 17.2 Å². The maximum Gasteiger partial charge on any atom is 0.257 e. The van der Waals surface area contributed by atoms with Gasteiger partial charge in [-0.15, -0.1) is 11.3 Å². The molecule has 1 aromatic carbocycles. The van der Waals surface area contributed by atoms with Crippen LogP contribution in [0.2, 0.25) is 0 Å². The minimum Gasteiger partial charge on any atom is -0.298 e. The molecule has 2 rings (SSSR count). The first kappa shape index (κ1) is 12.8. The molecule has 0 atom stereocenters. The first-order chi connectivity index (χ1) is 8.61. The fraction of sp³-hybridized carbons (Fsp3) is 0.286. The zero-order valence-electron chi connectivity index (χ0n) is 10.8. The number of benzene rings is 1. The Kier molecular flexibility index (Phi) is 3.77. The minimum atomic E-state index is -0.0931. The molecule has 18 heavy (non-hydrogen) atoms. The summed E-state index contributed by atoms with van der Waals surface area (Å²) in [6.45, 7) is 6.02. The summed E-state index contributed by atoms with van der Waals surface area (Å²) in [6.07, 6.45) is 0.891. The molecule has 1 heterocycles. The van der Waals surface area contributed by atoms with Crippen molar-refractivity contribution in [2.24, 2.45) is 0 Å². The molecule has 0 spiro atoms. The zero-order valence-corrected chi connectivity index (χ0v) is 11.6. The molecule has 0 fully saturated rings. The van der Waals surface area contributed by atoms with Gasteiger partial charge in [-0.05, 0) is 31.9 Å². The summed E-state index contributed by atoms with van der Waals surface area (Å²) in [5, 5.41) is 3.54. The van der Waals surface area contributed by atoms with Crippen molar-refractivity contribution < 1.29 is 4.79 Å². The number of carbonyl (C=O) groups excluding carboxylic acids is 1. The average molecular weight is 260 g/mol. The Morgan fingerprint density at radius 2 is 2.06 bits per heavy atom. The van der Waals surface area contributed by atoms with Gasteiger partial charge in [0.1, 0.15) is 0 Å². The number of aromatic nitrogens is 1. The third-order valence-corrected chi connectivity index (χ3v) is 3.77. The first-order valence-electron chi connectivity index (χ1n) is 5.95. The van der Waals surface area contributed by atoms with Crippen molar-refractivity contribution in [2.45, 2.75) is 27.2 Å². The Morgan fingerprint density at radius 1 is 1.33 bits per heavy atom. The second-order valence-corrected chi connectivity index (χ2v) is 5.35. The molecule has 0 unspecified atom stereocenters. The van der Waals surface area contributed by atoms with Gasteiger partial charge in [0.15, 0.2) is 5.13 Å². The third-order valence-electron chi connectivity index (χ3n) is 2.84. The van der Waals surface area contributed by atoms with E-state index in [0.717, 1.165) is 22.6 Å². The maximum absolute atomic E-state index is 12.1. The lowest BCUT2D eigenvalue weighted by Crippen LogP contribution is -2.13. The fourth-order valence-electron chi connectivity index (χ4n) is 1.80. The van der Waals surface area contributed by atoms with Gasteiger partial charge in [0, 0.05) is 10.4 Å². The molecule has 1 amide bonds. The Bertz CT molecular complexity index is 575. The molecular formula is C14H16N2OS. The summed E-state index contributed by atoms with van der Waals surface area (Å²) in [6, 6.07) is 7.55. The van der Waals surface area contributed by atoms with Gasteiger partial charge < -0.3 is 0 Å². The second kappa shape index (κ2) is 5.31. The maximum atomic E-state index is 12.1. The Hall–Kier alpha value is -1.68. The average Bonchev–Trinajstić information content (AvgIpc) is 2.69. The van der Waals surface area contributed by atoms with Gasteiger partial charge in [0.05, 0.1) is 5.69 Å². The number of anilines is 1. The van der Waals surface area contributed by atoms with Crippen molar-refractivity contribution in [2.75, 3.05) is 5.32 Å². The molecule has 0 bridgehead atoms. The van der Waals surface area contributed by atoms with Gasteiger partial charge in [0.2, 0.25) is 0 Å². The van der Waals surface area contributed by atoms with E-state index >= 15 is 0 Å². The van der Waals surface area contributed by atoms with E-state index in [1.54, 1.807) is 0 Å². The highest BCUT2D eigenvalue weighted by Gasteiger charge is 2.12. The van der Waals surface area contributed by atoms with Gasteiger partial charge in [-0.3, -0.25) is 10.1 Å². The van der Waals surface area contributed by atoms with E-state index in [9.17, 15) is 4.79 Å². The lowest BCUT2D eigenvalue weighted by Gasteiger charge is -2.04. The Balaban J connectivity index is 2.19. The van der Waals surface area contributed by atoms with E-state index in [0.29, 0.717) is 10.7 Å². The van der Waals surface area contributed by atoms with Gasteiger partial charge in [-0.2, -0.15) is 0 Å². The van der Waals surface area contributed by atoms with Crippen molar-refractivity contribution in [3.05, 3.63) is 46.0 Å². The van der Waals surface area contributed by atoms with Crippen LogP contribution in [0.25, 0.3) is 0 Å². The second-order valence-electron chi connectivity index (χ2n) is 4.14. The summed E-state index contributed by atoms with van der Waals surface area (Å²) in [5.41, 5.74) is 2.72. The number of hydrogen-bond donors (Lipinski definition) is 1. The molecule has 2 aromatic rings. The van der Waals surface area contributed by atoms with Crippen LogP contribution in [0.1, 0.15) is 33.4 Å². The number of nitrogens with one attached hydrogen (secondary N) is 1. The number of carbonyl (C=O) groups is 1. The van der Waals surface area contributed by atoms with E-state index in [-0.39, 0.29) is 5.91 Å². The Morgan fingerprint density at radius 3 is 2.67 bits per heavy atom. The molecular weight excluding hydrogens is 244 g/mol. The summed E-state index contributed by atoms with van der Waals surface area (Å²) >= 11 is 1.52. The largest absolute Gasteiger partial charge is 0.298 e. The van der Waals surface area contributed by atoms with Gasteiger partial charge in [0.25, 0.3) is 5.91 Å². The van der Waals surface area contributed by atoms with E-state index in [1.165, 1.54) is 11.3 Å². The van der Waals surface area contributed by atoms with E-state index < -0.39 is 0 Å². The third kappa shape index (κ3) is 2.59. The Labute approximate surface area is 111 Å². The monoisotopic (exact) mass is 260 g/mol. The number of thiazole rings is 1. The lowest BCUT2D eigenvalue weighted by molar-refractivity contribution is 0.102. The van der Waals surface area contributed by atoms with Crippen LogP contribution < -0.4 is 5.32 Å². The standard InChI is InChI=1S/C14H16N2OS/c1-4-12-10(3)18-14(15-12)16-13(17)11-8-6-5-7-9(11)2/h5-8H,4H2,1-3H3,(H,15,16,17). The number of aryl methyl sites for hydroxylation is 3. The van der Waals surface area contributed by atoms with Crippen molar-refractivity contribution in [3.63, 3.8) is 0 Å². The zero-order chi connectivity index (χ0) is 13.1. The number of nitrogens with zero attached hydrogens (tertiary/aromatic N) is 1. The van der Waals surface area contributed by atoms with Crippen LogP contribution in [0.15, 0.2) is 24.3 Å². The molecule has 0 aliphatic rings. The first-order valence-corrected chi connectivity index (χ1v) is 6.76. The summed E-state index contributed by atoms with van der Waals surface area (Å²) in [4.78, 5) is 17.7. The fourth-order valence-corrected chi connectivity index (χ4v) is 2.70.